The molecule has 0 radical (unpaired) electrons. The minimum atomic E-state index is -1.58. The van der Waals surface area contributed by atoms with Crippen molar-refractivity contribution in [1.29, 1.82) is 0 Å². The van der Waals surface area contributed by atoms with Crippen LogP contribution in [0.4, 0.5) is 0 Å². The molecule has 54 heavy (non-hydrogen) atoms. The van der Waals surface area contributed by atoms with Gasteiger partial charge in [-0.1, -0.05) is 44.2 Å². The first-order valence-electron chi connectivity index (χ1n) is 17.6. The van der Waals surface area contributed by atoms with Crippen molar-refractivity contribution < 1.29 is 39.0 Å². The summed E-state index contributed by atoms with van der Waals surface area (Å²) in [6.07, 6.45) is -0.614. The third-order valence-electron chi connectivity index (χ3n) is 7.93. The van der Waals surface area contributed by atoms with E-state index in [1.54, 1.807) is 38.1 Å². The number of nitrogens with two attached hydrogens (primary N) is 5. The molecule has 302 valence electrons. The molecule has 5 amide bonds. The van der Waals surface area contributed by atoms with E-state index >= 15 is 0 Å². The van der Waals surface area contributed by atoms with E-state index in [-0.39, 0.29) is 69.5 Å². The van der Waals surface area contributed by atoms with E-state index in [0.717, 1.165) is 5.56 Å². The Morgan fingerprint density at radius 3 is 1.67 bits per heavy atom. The average molecular weight is 763 g/mol. The summed E-state index contributed by atoms with van der Waals surface area (Å²) in [6.45, 7) is 6.45. The van der Waals surface area contributed by atoms with Gasteiger partial charge in [0.25, 0.3) is 0 Å². The number of carboxylic acids is 1. The number of benzene rings is 1. The standard InChI is InChI=1S/C34H58N12O8/c1-18(2)16-25(30(51)42-19(3)27(48)44-24(32(53)54)13-9-15-41-34(38)39)45-31(52)26(20(4)47)46-29(50)23(12-8-14-40-33(36)37)43-28(49)22(35)17-21-10-6-5-7-11-21/h5-7,10-11,18-20,22-26,47H,8-9,12-17,35H2,1-4H3,(H,42,51)(H,43,49)(H,44,48)(H,45,52)(H,46,50)(H,53,54)(H4,36,37,40)(H4,38,39,41)/t19-,20+,22-,23-,24-,25-,26-/m0/s1. The number of amides is 5. The number of nitrogens with zero attached hydrogens (tertiary/aromatic N) is 2. The molecule has 0 saturated carbocycles. The maximum absolute atomic E-state index is 13.5. The summed E-state index contributed by atoms with van der Waals surface area (Å²) in [5.41, 5.74) is 28.3. The van der Waals surface area contributed by atoms with Crippen LogP contribution in [0.25, 0.3) is 0 Å². The van der Waals surface area contributed by atoms with Gasteiger partial charge >= 0.3 is 5.97 Å². The summed E-state index contributed by atoms with van der Waals surface area (Å²) in [5.74, 6) is -5.69. The van der Waals surface area contributed by atoms with E-state index < -0.39 is 77.9 Å². The Hall–Kier alpha value is -5.50. The molecule has 0 fully saturated rings. The molecule has 0 spiro atoms. The van der Waals surface area contributed by atoms with Crippen LogP contribution in [0.1, 0.15) is 65.4 Å². The Bertz CT molecular complexity index is 1450. The Morgan fingerprint density at radius 2 is 1.17 bits per heavy atom. The molecule has 20 nitrogen and oxygen atoms in total. The number of rotatable bonds is 24. The zero-order valence-corrected chi connectivity index (χ0v) is 31.3. The summed E-state index contributed by atoms with van der Waals surface area (Å²) >= 11 is 0. The summed E-state index contributed by atoms with van der Waals surface area (Å²) < 4.78 is 0. The fourth-order valence-corrected chi connectivity index (χ4v) is 5.07. The highest BCUT2D eigenvalue weighted by Crippen LogP contribution is 2.09. The maximum Gasteiger partial charge on any atom is 0.326 e. The van der Waals surface area contributed by atoms with Crippen molar-refractivity contribution >= 4 is 47.4 Å². The number of aliphatic hydroxyl groups is 1. The number of nitrogens with one attached hydrogen (secondary N) is 5. The molecule has 0 aliphatic carbocycles. The first-order valence-corrected chi connectivity index (χ1v) is 17.6. The van der Waals surface area contributed by atoms with Gasteiger partial charge in [0.2, 0.25) is 29.5 Å². The molecule has 1 aromatic carbocycles. The quantitative estimate of drug-likeness (QED) is 0.0278. The molecule has 1 rings (SSSR count). The molecule has 0 aromatic heterocycles. The lowest BCUT2D eigenvalue weighted by Gasteiger charge is -2.28. The molecule has 0 saturated heterocycles. The van der Waals surface area contributed by atoms with Gasteiger partial charge in [0.05, 0.1) is 12.1 Å². The van der Waals surface area contributed by atoms with Crippen LogP contribution >= 0.6 is 0 Å². The second-order valence-corrected chi connectivity index (χ2v) is 13.3. The van der Waals surface area contributed by atoms with Gasteiger partial charge in [-0.05, 0) is 63.9 Å². The van der Waals surface area contributed by atoms with Crippen molar-refractivity contribution in [3.05, 3.63) is 35.9 Å². The van der Waals surface area contributed by atoms with Crippen LogP contribution in [0.2, 0.25) is 0 Å². The molecular formula is C34H58N12O8. The van der Waals surface area contributed by atoms with Gasteiger partial charge in [-0.2, -0.15) is 0 Å². The van der Waals surface area contributed by atoms with E-state index in [1.807, 2.05) is 6.07 Å². The lowest BCUT2D eigenvalue weighted by molar-refractivity contribution is -0.142. The number of carbonyl (C=O) groups is 6. The van der Waals surface area contributed by atoms with Gasteiger partial charge in [-0.15, -0.1) is 0 Å². The first kappa shape index (κ1) is 46.5. The summed E-state index contributed by atoms with van der Waals surface area (Å²) in [7, 11) is 0. The van der Waals surface area contributed by atoms with Gasteiger partial charge in [0.15, 0.2) is 11.9 Å². The fourth-order valence-electron chi connectivity index (χ4n) is 5.07. The van der Waals surface area contributed by atoms with Crippen LogP contribution in [-0.2, 0) is 35.2 Å². The third-order valence-corrected chi connectivity index (χ3v) is 7.93. The Labute approximate surface area is 314 Å². The lowest BCUT2D eigenvalue weighted by atomic mass is 10.0. The van der Waals surface area contributed by atoms with Crippen molar-refractivity contribution in [2.24, 2.45) is 44.6 Å². The molecule has 1 aromatic rings. The second kappa shape index (κ2) is 23.9. The van der Waals surface area contributed by atoms with E-state index in [0.29, 0.717) is 0 Å². The predicted octanol–water partition coefficient (Wildman–Crippen LogP) is -3.38. The monoisotopic (exact) mass is 762 g/mol. The normalized spacial score (nSPS) is 14.8. The van der Waals surface area contributed by atoms with Gasteiger partial charge in [0.1, 0.15) is 30.2 Å². The van der Waals surface area contributed by atoms with Gasteiger partial charge in [0, 0.05) is 13.1 Å². The molecule has 20 heteroatoms. The Kier molecular flexibility index (Phi) is 20.6. The zero-order chi connectivity index (χ0) is 41.0. The van der Waals surface area contributed by atoms with Crippen molar-refractivity contribution in [1.82, 2.24) is 26.6 Å². The van der Waals surface area contributed by atoms with E-state index in [2.05, 4.69) is 36.6 Å². The zero-order valence-electron chi connectivity index (χ0n) is 31.3. The average Bonchev–Trinajstić information content (AvgIpc) is 3.08. The number of hydrogen-bond acceptors (Lipinski definition) is 10. The Balaban J connectivity index is 3.07. The van der Waals surface area contributed by atoms with E-state index in [9.17, 15) is 39.0 Å². The molecule has 17 N–H and O–H groups in total. The summed E-state index contributed by atoms with van der Waals surface area (Å²) in [6, 6.07) is 1.49. The van der Waals surface area contributed by atoms with Crippen LogP contribution in [0, 0.1) is 5.92 Å². The maximum atomic E-state index is 13.5. The van der Waals surface area contributed by atoms with E-state index in [4.69, 9.17) is 28.7 Å². The second-order valence-electron chi connectivity index (χ2n) is 13.3. The van der Waals surface area contributed by atoms with Crippen LogP contribution in [0.5, 0.6) is 0 Å². The highest BCUT2D eigenvalue weighted by molar-refractivity contribution is 5.96. The van der Waals surface area contributed by atoms with Gasteiger partial charge in [-0.3, -0.25) is 34.0 Å². The van der Waals surface area contributed by atoms with Crippen LogP contribution in [-0.4, -0.2) is 113 Å². The van der Waals surface area contributed by atoms with Crippen LogP contribution < -0.4 is 55.3 Å². The molecule has 0 heterocycles. The number of guanidine groups is 2. The minimum Gasteiger partial charge on any atom is -0.480 e. The highest BCUT2D eigenvalue weighted by Gasteiger charge is 2.34. The van der Waals surface area contributed by atoms with Crippen LogP contribution in [0.15, 0.2) is 40.3 Å². The highest BCUT2D eigenvalue weighted by atomic mass is 16.4. The molecule has 0 bridgehead atoms. The van der Waals surface area contributed by atoms with Crippen LogP contribution in [0.3, 0.4) is 0 Å². The number of aliphatic imine (C=N–C) groups is 2. The first-order chi connectivity index (χ1) is 25.3. The minimum absolute atomic E-state index is 0.0122. The topological polar surface area (TPSA) is 358 Å². The van der Waals surface area contributed by atoms with Gasteiger partial charge < -0.3 is 65.5 Å². The summed E-state index contributed by atoms with van der Waals surface area (Å²) in [4.78, 5) is 85.7. The van der Waals surface area contributed by atoms with E-state index in [1.165, 1.54) is 13.8 Å². The number of aliphatic hydroxyl groups excluding tert-OH is 1. The summed E-state index contributed by atoms with van der Waals surface area (Å²) in [5, 5.41) is 32.5. The van der Waals surface area contributed by atoms with Crippen molar-refractivity contribution in [2.75, 3.05) is 13.1 Å². The smallest absolute Gasteiger partial charge is 0.326 e. The van der Waals surface area contributed by atoms with Crippen molar-refractivity contribution in [3.63, 3.8) is 0 Å². The number of hydrogen-bond donors (Lipinski definition) is 12. The lowest BCUT2D eigenvalue weighted by Crippen LogP contribution is -2.61. The number of carboxylic acid groups (broad SMARTS) is 1. The van der Waals surface area contributed by atoms with Gasteiger partial charge in [-0.25, -0.2) is 4.79 Å². The Morgan fingerprint density at radius 1 is 0.667 bits per heavy atom. The number of carbonyl (C=O) groups excluding carboxylic acids is 5. The molecule has 7 atom stereocenters. The third kappa shape index (κ3) is 18.3. The molecule has 0 aliphatic rings. The van der Waals surface area contributed by atoms with Crippen molar-refractivity contribution in [2.45, 2.75) is 109 Å². The van der Waals surface area contributed by atoms with Crippen molar-refractivity contribution in [3.8, 4) is 0 Å². The number of aliphatic carboxylic acids is 1. The molecule has 0 aliphatic heterocycles. The molecule has 0 unspecified atom stereocenters. The fraction of sp³-hybridized carbons (Fsp3) is 0.588. The SMILES string of the molecule is CC(C)C[C@H](NC(=O)[C@@H](NC(=O)[C@H](CCCN=C(N)N)NC(=O)[C@@H](N)Cc1ccccc1)[C@@H](C)O)C(=O)N[C@@H](C)C(=O)N[C@@H](CCCN=C(N)N)C(=O)O. The predicted molar refractivity (Wildman–Crippen MR) is 202 cm³/mol. The molecular weight excluding hydrogens is 704 g/mol. The largest absolute Gasteiger partial charge is 0.480 e.